The molecule has 16 heavy (non-hydrogen) atoms. The van der Waals surface area contributed by atoms with Crippen molar-refractivity contribution in [1.82, 2.24) is 0 Å². The second kappa shape index (κ2) is 3.59. The molecule has 1 aliphatic rings. The van der Waals surface area contributed by atoms with E-state index in [1.54, 1.807) is 0 Å². The first-order valence-electron chi connectivity index (χ1n) is 5.22. The van der Waals surface area contributed by atoms with Gasteiger partial charge in [-0.05, 0) is 51.2 Å². The van der Waals surface area contributed by atoms with Crippen molar-refractivity contribution in [2.45, 2.75) is 12.8 Å². The van der Waals surface area contributed by atoms with Gasteiger partial charge in [-0.2, -0.15) is 0 Å². The van der Waals surface area contributed by atoms with Gasteiger partial charge in [0.2, 0.25) is 0 Å². The summed E-state index contributed by atoms with van der Waals surface area (Å²) in [5, 5.41) is 14.7. The molecule has 2 aromatic rings. The van der Waals surface area contributed by atoms with Crippen LogP contribution in [0.15, 0.2) is 40.0 Å². The van der Waals surface area contributed by atoms with E-state index in [4.69, 9.17) is 5.21 Å². The summed E-state index contributed by atoms with van der Waals surface area (Å²) < 4.78 is 1.14. The summed E-state index contributed by atoms with van der Waals surface area (Å²) >= 11 is 3.65. The largest absolute Gasteiger partial charge is 0.411 e. The van der Waals surface area contributed by atoms with Gasteiger partial charge in [-0.15, -0.1) is 0 Å². The standard InChI is InChI=1S/C13H10BrNO/c14-13-9-4-2-1-3-8(9)7-11-10(13)5-6-12(11)15-16/h1-4,7,16H,5-6H2/b15-12+. The minimum Gasteiger partial charge on any atom is -0.411 e. The topological polar surface area (TPSA) is 32.6 Å². The summed E-state index contributed by atoms with van der Waals surface area (Å²) in [6.07, 6.45) is 1.76. The third-order valence-electron chi connectivity index (χ3n) is 3.13. The van der Waals surface area contributed by atoms with Crippen molar-refractivity contribution < 1.29 is 5.21 Å². The number of fused-ring (bicyclic) bond motifs is 2. The van der Waals surface area contributed by atoms with Crippen LogP contribution in [0.4, 0.5) is 0 Å². The van der Waals surface area contributed by atoms with Crippen LogP contribution < -0.4 is 0 Å². The van der Waals surface area contributed by atoms with Crippen LogP contribution in [0.2, 0.25) is 0 Å². The van der Waals surface area contributed by atoms with E-state index in [1.165, 1.54) is 16.3 Å². The smallest absolute Gasteiger partial charge is 0.0874 e. The van der Waals surface area contributed by atoms with Crippen LogP contribution in [0.1, 0.15) is 17.5 Å². The Bertz CT molecular complexity index is 604. The average Bonchev–Trinajstić information content (AvgIpc) is 2.72. The maximum atomic E-state index is 8.95. The van der Waals surface area contributed by atoms with Gasteiger partial charge in [-0.1, -0.05) is 29.4 Å². The van der Waals surface area contributed by atoms with Gasteiger partial charge in [0.1, 0.15) is 0 Å². The lowest BCUT2D eigenvalue weighted by Gasteiger charge is -2.07. The molecule has 0 aliphatic heterocycles. The summed E-state index contributed by atoms with van der Waals surface area (Å²) in [4.78, 5) is 0. The van der Waals surface area contributed by atoms with Crippen molar-refractivity contribution in [1.29, 1.82) is 0 Å². The Hall–Kier alpha value is -1.35. The third kappa shape index (κ3) is 1.28. The van der Waals surface area contributed by atoms with E-state index in [-0.39, 0.29) is 0 Å². The monoisotopic (exact) mass is 275 g/mol. The highest BCUT2D eigenvalue weighted by molar-refractivity contribution is 9.10. The van der Waals surface area contributed by atoms with Crippen LogP contribution in [0.25, 0.3) is 10.8 Å². The van der Waals surface area contributed by atoms with E-state index in [2.05, 4.69) is 39.3 Å². The van der Waals surface area contributed by atoms with Crippen molar-refractivity contribution in [3.63, 3.8) is 0 Å². The number of rotatable bonds is 0. The highest BCUT2D eigenvalue weighted by Gasteiger charge is 2.22. The Morgan fingerprint density at radius 1 is 1.19 bits per heavy atom. The lowest BCUT2D eigenvalue weighted by Crippen LogP contribution is -1.94. The lowest BCUT2D eigenvalue weighted by molar-refractivity contribution is 0.318. The van der Waals surface area contributed by atoms with Gasteiger partial charge < -0.3 is 5.21 Å². The number of oxime groups is 1. The van der Waals surface area contributed by atoms with Crippen molar-refractivity contribution >= 4 is 32.4 Å². The summed E-state index contributed by atoms with van der Waals surface area (Å²) in [7, 11) is 0. The quantitative estimate of drug-likeness (QED) is 0.577. The van der Waals surface area contributed by atoms with E-state index in [1.807, 2.05) is 12.1 Å². The van der Waals surface area contributed by atoms with Gasteiger partial charge in [0, 0.05) is 10.0 Å². The van der Waals surface area contributed by atoms with Gasteiger partial charge in [-0.3, -0.25) is 0 Å². The predicted octanol–water partition coefficient (Wildman–Crippen LogP) is 3.73. The van der Waals surface area contributed by atoms with Crippen molar-refractivity contribution in [2.24, 2.45) is 5.16 Å². The minimum absolute atomic E-state index is 0.793. The van der Waals surface area contributed by atoms with E-state index < -0.39 is 0 Å². The molecule has 0 aromatic heterocycles. The molecular weight excluding hydrogens is 266 g/mol. The second-order valence-corrected chi connectivity index (χ2v) is 4.78. The van der Waals surface area contributed by atoms with E-state index >= 15 is 0 Å². The summed E-state index contributed by atoms with van der Waals surface area (Å²) in [6.45, 7) is 0. The van der Waals surface area contributed by atoms with Crippen LogP contribution in [-0.2, 0) is 6.42 Å². The predicted molar refractivity (Wildman–Crippen MR) is 68.3 cm³/mol. The highest BCUT2D eigenvalue weighted by Crippen LogP contribution is 2.35. The molecular formula is C13H10BrNO. The van der Waals surface area contributed by atoms with E-state index in [0.29, 0.717) is 0 Å². The summed E-state index contributed by atoms with van der Waals surface area (Å²) in [5.41, 5.74) is 3.13. The van der Waals surface area contributed by atoms with Gasteiger partial charge in [0.05, 0.1) is 5.71 Å². The molecule has 2 nitrogen and oxygen atoms in total. The molecule has 1 aliphatic carbocycles. The first-order valence-corrected chi connectivity index (χ1v) is 6.02. The van der Waals surface area contributed by atoms with E-state index in [9.17, 15) is 0 Å². The minimum atomic E-state index is 0.793. The Morgan fingerprint density at radius 3 is 2.81 bits per heavy atom. The SMILES string of the molecule is O/N=C1\CCc2c1cc1ccccc1c2Br. The molecule has 0 saturated carbocycles. The molecule has 1 N–H and O–H groups in total. The van der Waals surface area contributed by atoms with Crippen LogP contribution in [-0.4, -0.2) is 10.9 Å². The summed E-state index contributed by atoms with van der Waals surface area (Å²) in [5.74, 6) is 0. The maximum Gasteiger partial charge on any atom is 0.0874 e. The zero-order valence-electron chi connectivity index (χ0n) is 8.57. The van der Waals surface area contributed by atoms with Gasteiger partial charge >= 0.3 is 0 Å². The molecule has 0 unspecified atom stereocenters. The second-order valence-electron chi connectivity index (χ2n) is 3.98. The first kappa shape index (κ1) is 9.85. The van der Waals surface area contributed by atoms with Crippen LogP contribution >= 0.6 is 15.9 Å². The molecule has 0 fully saturated rings. The van der Waals surface area contributed by atoms with Gasteiger partial charge in [0.25, 0.3) is 0 Å². The average molecular weight is 276 g/mol. The van der Waals surface area contributed by atoms with Gasteiger partial charge in [-0.25, -0.2) is 0 Å². The van der Waals surface area contributed by atoms with Crippen molar-refractivity contribution in [3.05, 3.63) is 45.9 Å². The first-order chi connectivity index (χ1) is 7.81. The van der Waals surface area contributed by atoms with Crippen LogP contribution in [0.5, 0.6) is 0 Å². The Labute approximate surface area is 102 Å². The summed E-state index contributed by atoms with van der Waals surface area (Å²) in [6, 6.07) is 10.3. The number of hydrogen-bond donors (Lipinski definition) is 1. The molecule has 2 aromatic carbocycles. The van der Waals surface area contributed by atoms with Gasteiger partial charge in [0.15, 0.2) is 0 Å². The zero-order valence-corrected chi connectivity index (χ0v) is 10.2. The van der Waals surface area contributed by atoms with Crippen LogP contribution in [0, 0.1) is 0 Å². The third-order valence-corrected chi connectivity index (χ3v) is 4.04. The lowest BCUT2D eigenvalue weighted by atomic mass is 10.0. The Kier molecular flexibility index (Phi) is 2.21. The molecule has 80 valence electrons. The number of halogens is 1. The highest BCUT2D eigenvalue weighted by atomic mass is 79.9. The number of benzene rings is 2. The zero-order chi connectivity index (χ0) is 11.1. The maximum absolute atomic E-state index is 8.95. The molecule has 0 bridgehead atoms. The molecule has 0 spiro atoms. The van der Waals surface area contributed by atoms with Crippen molar-refractivity contribution in [3.8, 4) is 0 Å². The van der Waals surface area contributed by atoms with E-state index in [0.717, 1.165) is 28.6 Å². The normalized spacial score (nSPS) is 16.9. The molecule has 3 heteroatoms. The molecule has 0 heterocycles. The number of hydrogen-bond acceptors (Lipinski definition) is 2. The van der Waals surface area contributed by atoms with Crippen LogP contribution in [0.3, 0.4) is 0 Å². The molecule has 0 saturated heterocycles. The fraction of sp³-hybridized carbons (Fsp3) is 0.154. The Morgan fingerprint density at radius 2 is 2.00 bits per heavy atom. The molecule has 0 amide bonds. The number of nitrogens with zero attached hydrogens (tertiary/aromatic N) is 1. The fourth-order valence-corrected chi connectivity index (χ4v) is 3.10. The fourth-order valence-electron chi connectivity index (χ4n) is 2.33. The Balaban J connectivity index is 2.41. The molecule has 0 atom stereocenters. The van der Waals surface area contributed by atoms with Crippen molar-refractivity contribution in [2.75, 3.05) is 0 Å². The molecule has 0 radical (unpaired) electrons. The molecule has 3 rings (SSSR count).